The van der Waals surface area contributed by atoms with Gasteiger partial charge in [-0.3, -0.25) is 10.1 Å². The Kier molecular flexibility index (Phi) is 8.09. The highest BCUT2D eigenvalue weighted by molar-refractivity contribution is 6.36. The van der Waals surface area contributed by atoms with Crippen molar-refractivity contribution < 1.29 is 9.34 Å². The lowest BCUT2D eigenvalue weighted by Crippen LogP contribution is -2.07. The first kappa shape index (κ1) is 27.6. The molecule has 0 radical (unpaired) electrons. The second-order valence-electron chi connectivity index (χ2n) is 8.86. The molecule has 11 nitrogen and oxygen atoms in total. The molecule has 2 heterocycles. The fourth-order valence-corrected chi connectivity index (χ4v) is 4.19. The molecule has 0 saturated heterocycles. The van der Waals surface area contributed by atoms with Gasteiger partial charge >= 0.3 is 0 Å². The molecule has 0 unspecified atom stereocenters. The van der Waals surface area contributed by atoms with E-state index in [2.05, 4.69) is 36.1 Å². The van der Waals surface area contributed by atoms with E-state index >= 15 is 0 Å². The third kappa shape index (κ3) is 6.96. The van der Waals surface area contributed by atoms with Crippen LogP contribution in [0.1, 0.15) is 16.9 Å². The zero-order valence-electron chi connectivity index (χ0n) is 21.7. The Morgan fingerprint density at radius 3 is 2.20 bits per heavy atom. The molecule has 13 heteroatoms. The molecule has 0 saturated carbocycles. The van der Waals surface area contributed by atoms with Crippen LogP contribution in [0.3, 0.4) is 0 Å². The third-order valence-electron chi connectivity index (χ3n) is 5.91. The summed E-state index contributed by atoms with van der Waals surface area (Å²) in [4.78, 5) is 23.7. The molecule has 5 aromatic rings. The number of aromatic nitrogens is 3. The van der Waals surface area contributed by atoms with E-state index in [1.165, 1.54) is 18.3 Å². The SMILES string of the molecule is Cc1ccc(Nc2nc(N/N=C/c3ccc(-c4ccc(Cl)cc4Cl)o3)nc(Nc3ccc([N+](=O)[O-])cc3)n2)cc1C. The van der Waals surface area contributed by atoms with Gasteiger partial charge in [0.15, 0.2) is 0 Å². The monoisotopic (exact) mass is 588 g/mol. The van der Waals surface area contributed by atoms with Crippen molar-refractivity contribution in [3.63, 3.8) is 0 Å². The van der Waals surface area contributed by atoms with Crippen LogP contribution in [0.4, 0.5) is 34.9 Å². The van der Waals surface area contributed by atoms with Crippen molar-refractivity contribution in [1.29, 1.82) is 0 Å². The van der Waals surface area contributed by atoms with Crippen LogP contribution in [0, 0.1) is 24.0 Å². The Labute approximate surface area is 244 Å². The summed E-state index contributed by atoms with van der Waals surface area (Å²) in [6.45, 7) is 4.04. The Bertz CT molecular complexity index is 1760. The number of nitrogens with one attached hydrogen (secondary N) is 3. The standard InChI is InChI=1S/C28H22Cl2N8O3/c1-16-3-5-20(13-17(16)2)33-27-34-26(32-19-6-8-21(9-7-19)38(39)40)35-28(36-27)37-31-15-22-10-12-25(41-22)23-11-4-18(29)14-24(23)30/h3-15H,1-2H3,(H3,32,33,34,35,36,37)/b31-15+. The van der Waals surface area contributed by atoms with Gasteiger partial charge in [0.1, 0.15) is 11.5 Å². The third-order valence-corrected chi connectivity index (χ3v) is 6.46. The summed E-state index contributed by atoms with van der Waals surface area (Å²) in [6, 6.07) is 20.4. The van der Waals surface area contributed by atoms with Crippen molar-refractivity contribution in [2.24, 2.45) is 5.10 Å². The number of hydrogen-bond acceptors (Lipinski definition) is 10. The van der Waals surface area contributed by atoms with E-state index in [1.807, 2.05) is 32.0 Å². The predicted octanol–water partition coefficient (Wildman–Crippen LogP) is 7.90. The van der Waals surface area contributed by atoms with E-state index in [1.54, 1.807) is 42.5 Å². The molecular weight excluding hydrogens is 567 g/mol. The second-order valence-corrected chi connectivity index (χ2v) is 9.70. The van der Waals surface area contributed by atoms with E-state index in [9.17, 15) is 10.1 Å². The number of nitro benzene ring substituents is 1. The fourth-order valence-electron chi connectivity index (χ4n) is 3.69. The summed E-state index contributed by atoms with van der Waals surface area (Å²) in [5, 5.41) is 22.4. The molecule has 0 aliphatic heterocycles. The van der Waals surface area contributed by atoms with Crippen LogP contribution in [0.5, 0.6) is 0 Å². The first-order chi connectivity index (χ1) is 19.7. The van der Waals surface area contributed by atoms with E-state index in [4.69, 9.17) is 27.6 Å². The minimum Gasteiger partial charge on any atom is -0.455 e. The average molecular weight is 589 g/mol. The number of hydrogen-bond donors (Lipinski definition) is 3. The largest absolute Gasteiger partial charge is 0.455 e. The number of benzene rings is 3. The van der Waals surface area contributed by atoms with Crippen LogP contribution in [0.15, 0.2) is 82.3 Å². The molecule has 41 heavy (non-hydrogen) atoms. The number of rotatable bonds is 9. The first-order valence-electron chi connectivity index (χ1n) is 12.2. The van der Waals surface area contributed by atoms with Gasteiger partial charge in [0.05, 0.1) is 16.2 Å². The van der Waals surface area contributed by atoms with Crippen molar-refractivity contribution in [1.82, 2.24) is 15.0 Å². The quantitative estimate of drug-likeness (QED) is 0.0888. The maximum atomic E-state index is 11.0. The summed E-state index contributed by atoms with van der Waals surface area (Å²) in [6.07, 6.45) is 1.47. The Morgan fingerprint density at radius 2 is 1.51 bits per heavy atom. The minimum absolute atomic E-state index is 0.0283. The molecule has 0 aliphatic rings. The van der Waals surface area contributed by atoms with E-state index < -0.39 is 4.92 Å². The number of nitro groups is 1. The van der Waals surface area contributed by atoms with Gasteiger partial charge < -0.3 is 15.1 Å². The zero-order valence-corrected chi connectivity index (χ0v) is 23.2. The lowest BCUT2D eigenvalue weighted by atomic mass is 10.1. The van der Waals surface area contributed by atoms with Crippen molar-refractivity contribution in [3.05, 3.63) is 110 Å². The normalized spacial score (nSPS) is 11.0. The summed E-state index contributed by atoms with van der Waals surface area (Å²) in [5.41, 5.74) is 7.07. The van der Waals surface area contributed by atoms with Crippen LogP contribution in [0.25, 0.3) is 11.3 Å². The van der Waals surface area contributed by atoms with Crippen LogP contribution >= 0.6 is 23.2 Å². The van der Waals surface area contributed by atoms with Gasteiger partial charge in [-0.15, -0.1) is 0 Å². The molecule has 0 fully saturated rings. The lowest BCUT2D eigenvalue weighted by Gasteiger charge is -2.11. The minimum atomic E-state index is -0.468. The molecule has 0 aliphatic carbocycles. The van der Waals surface area contributed by atoms with Gasteiger partial charge in [0, 0.05) is 34.1 Å². The number of anilines is 5. The highest BCUT2D eigenvalue weighted by Crippen LogP contribution is 2.31. The molecule has 0 spiro atoms. The van der Waals surface area contributed by atoms with Crippen molar-refractivity contribution in [2.45, 2.75) is 13.8 Å². The Hall–Kier alpha value is -5.00. The summed E-state index contributed by atoms with van der Waals surface area (Å²) in [5.74, 6) is 1.60. The van der Waals surface area contributed by atoms with E-state index in [-0.39, 0.29) is 23.5 Å². The Morgan fingerprint density at radius 1 is 0.829 bits per heavy atom. The van der Waals surface area contributed by atoms with Gasteiger partial charge in [-0.1, -0.05) is 29.3 Å². The van der Waals surface area contributed by atoms with Crippen molar-refractivity contribution in [3.8, 4) is 11.3 Å². The summed E-state index contributed by atoms with van der Waals surface area (Å²) in [7, 11) is 0. The average Bonchev–Trinajstić information content (AvgIpc) is 3.39. The topological polar surface area (TPSA) is 143 Å². The maximum absolute atomic E-state index is 11.0. The molecule has 2 aromatic heterocycles. The van der Waals surface area contributed by atoms with Crippen LogP contribution in [-0.4, -0.2) is 26.1 Å². The smallest absolute Gasteiger partial charge is 0.269 e. The highest BCUT2D eigenvalue weighted by atomic mass is 35.5. The molecule has 3 N–H and O–H groups in total. The fraction of sp³-hybridized carbons (Fsp3) is 0.0714. The number of furan rings is 1. The first-order valence-corrected chi connectivity index (χ1v) is 13.0. The molecule has 5 rings (SSSR count). The van der Waals surface area contributed by atoms with Gasteiger partial charge in [-0.2, -0.15) is 20.1 Å². The summed E-state index contributed by atoms with van der Waals surface area (Å²) < 4.78 is 5.84. The highest BCUT2D eigenvalue weighted by Gasteiger charge is 2.11. The Balaban J connectivity index is 1.37. The molecule has 0 amide bonds. The van der Waals surface area contributed by atoms with E-state index in [0.717, 1.165) is 16.8 Å². The number of hydrazone groups is 1. The number of halogens is 2. The van der Waals surface area contributed by atoms with Gasteiger partial charge in [-0.05, 0) is 79.6 Å². The van der Waals surface area contributed by atoms with Crippen LogP contribution in [-0.2, 0) is 0 Å². The van der Waals surface area contributed by atoms with Gasteiger partial charge in [0.2, 0.25) is 17.8 Å². The van der Waals surface area contributed by atoms with Crippen molar-refractivity contribution in [2.75, 3.05) is 16.1 Å². The van der Waals surface area contributed by atoms with Gasteiger partial charge in [-0.25, -0.2) is 5.43 Å². The van der Waals surface area contributed by atoms with Gasteiger partial charge in [0.25, 0.3) is 5.69 Å². The van der Waals surface area contributed by atoms with Crippen molar-refractivity contribution >= 4 is 64.3 Å². The molecular formula is C28H22Cl2N8O3. The summed E-state index contributed by atoms with van der Waals surface area (Å²) >= 11 is 12.3. The lowest BCUT2D eigenvalue weighted by molar-refractivity contribution is -0.384. The van der Waals surface area contributed by atoms with E-state index in [0.29, 0.717) is 32.8 Å². The second kappa shape index (κ2) is 12.0. The molecule has 0 atom stereocenters. The zero-order chi connectivity index (χ0) is 28.9. The number of nitrogens with zero attached hydrogens (tertiary/aromatic N) is 5. The molecule has 206 valence electrons. The number of aryl methyl sites for hydroxylation is 2. The predicted molar refractivity (Wildman–Crippen MR) is 161 cm³/mol. The van der Waals surface area contributed by atoms with Crippen LogP contribution in [0.2, 0.25) is 10.0 Å². The van der Waals surface area contributed by atoms with Crippen LogP contribution < -0.4 is 16.1 Å². The molecule has 3 aromatic carbocycles. The molecule has 0 bridgehead atoms. The number of non-ortho nitro benzene ring substituents is 1. The maximum Gasteiger partial charge on any atom is 0.269 e.